The third-order valence-electron chi connectivity index (χ3n) is 21.6. The first kappa shape index (κ1) is 96.9. The molecule has 3 aliphatic heterocycles. The van der Waals surface area contributed by atoms with Crippen molar-refractivity contribution >= 4 is 5.91 Å². The molecule has 1 amide bonds. The van der Waals surface area contributed by atoms with E-state index in [0.29, 0.717) is 12.8 Å². The molecular formula is C86H159NO18. The summed E-state index contributed by atoms with van der Waals surface area (Å²) in [6, 6.07) is -0.999. The van der Waals surface area contributed by atoms with Crippen molar-refractivity contribution < 1.29 is 89.4 Å². The van der Waals surface area contributed by atoms with Crippen LogP contribution in [0.5, 0.6) is 0 Å². The Morgan fingerprint density at radius 1 is 0.333 bits per heavy atom. The number of nitrogens with one attached hydrogen (secondary N) is 1. The summed E-state index contributed by atoms with van der Waals surface area (Å²) in [5.41, 5.74) is 0. The quantitative estimate of drug-likeness (QED) is 0.0199. The molecule has 616 valence electrons. The van der Waals surface area contributed by atoms with Gasteiger partial charge in [0, 0.05) is 6.42 Å². The van der Waals surface area contributed by atoms with E-state index in [2.05, 4.69) is 55.6 Å². The molecule has 12 N–H and O–H groups in total. The van der Waals surface area contributed by atoms with Gasteiger partial charge in [-0.3, -0.25) is 4.79 Å². The molecule has 0 aromatic carbocycles. The smallest absolute Gasteiger partial charge is 0.220 e. The third-order valence-corrected chi connectivity index (χ3v) is 21.6. The Labute approximate surface area is 637 Å². The minimum absolute atomic E-state index is 0.234. The highest BCUT2D eigenvalue weighted by Gasteiger charge is 2.54. The van der Waals surface area contributed by atoms with Crippen LogP contribution in [0.2, 0.25) is 0 Å². The molecule has 3 rings (SSSR count). The number of ether oxygens (including phenoxy) is 6. The normalized spacial score (nSPS) is 26.0. The lowest BCUT2D eigenvalue weighted by Crippen LogP contribution is -2.66. The maximum Gasteiger partial charge on any atom is 0.220 e. The van der Waals surface area contributed by atoms with Gasteiger partial charge < -0.3 is 89.9 Å². The summed E-state index contributed by atoms with van der Waals surface area (Å²) in [6.45, 7) is 1.77. The minimum atomic E-state index is -1.98. The van der Waals surface area contributed by atoms with E-state index < -0.39 is 124 Å². The van der Waals surface area contributed by atoms with E-state index in [1.54, 1.807) is 6.08 Å². The molecule has 0 saturated carbocycles. The fourth-order valence-electron chi connectivity index (χ4n) is 14.6. The second-order valence-corrected chi connectivity index (χ2v) is 31.0. The highest BCUT2D eigenvalue weighted by atomic mass is 16.8. The van der Waals surface area contributed by atoms with Crippen LogP contribution in [0.1, 0.15) is 361 Å². The summed E-state index contributed by atoms with van der Waals surface area (Å²) in [4.78, 5) is 13.5. The van der Waals surface area contributed by atoms with Crippen molar-refractivity contribution in [1.29, 1.82) is 0 Å². The predicted molar refractivity (Wildman–Crippen MR) is 420 cm³/mol. The van der Waals surface area contributed by atoms with Crippen LogP contribution in [0, 0.1) is 0 Å². The monoisotopic (exact) mass is 1490 g/mol. The number of hydrogen-bond acceptors (Lipinski definition) is 18. The fourth-order valence-corrected chi connectivity index (χ4v) is 14.6. The molecule has 3 heterocycles. The second-order valence-electron chi connectivity index (χ2n) is 31.0. The highest BCUT2D eigenvalue weighted by molar-refractivity contribution is 5.76. The van der Waals surface area contributed by atoms with Crippen molar-refractivity contribution in [2.45, 2.75) is 465 Å². The fraction of sp³-hybridized carbons (Fsp3) is 0.895. The van der Waals surface area contributed by atoms with Crippen LogP contribution in [0.3, 0.4) is 0 Å². The van der Waals surface area contributed by atoms with E-state index >= 15 is 0 Å². The molecular weight excluding hydrogens is 1330 g/mol. The molecule has 3 saturated heterocycles. The van der Waals surface area contributed by atoms with Gasteiger partial charge in [-0.2, -0.15) is 0 Å². The molecule has 19 heteroatoms. The number of aliphatic hydroxyl groups is 11. The summed E-state index contributed by atoms with van der Waals surface area (Å²) in [5, 5.41) is 121. The van der Waals surface area contributed by atoms with Gasteiger partial charge in [0.1, 0.15) is 73.2 Å². The van der Waals surface area contributed by atoms with Crippen molar-refractivity contribution in [2.75, 3.05) is 26.4 Å². The van der Waals surface area contributed by atoms with Crippen LogP contribution < -0.4 is 5.32 Å². The minimum Gasteiger partial charge on any atom is -0.394 e. The van der Waals surface area contributed by atoms with Crippen LogP contribution in [0.25, 0.3) is 0 Å². The van der Waals surface area contributed by atoms with E-state index in [9.17, 15) is 61.0 Å². The zero-order valence-corrected chi connectivity index (χ0v) is 66.2. The number of unbranched alkanes of at least 4 members (excludes halogenated alkanes) is 48. The second kappa shape index (κ2) is 66.4. The van der Waals surface area contributed by atoms with Crippen LogP contribution in [-0.4, -0.2) is 193 Å². The molecule has 17 unspecified atom stereocenters. The molecule has 0 aromatic heterocycles. The van der Waals surface area contributed by atoms with E-state index in [4.69, 9.17) is 28.4 Å². The zero-order chi connectivity index (χ0) is 76.0. The van der Waals surface area contributed by atoms with E-state index in [1.807, 2.05) is 6.08 Å². The van der Waals surface area contributed by atoms with Gasteiger partial charge >= 0.3 is 0 Å². The Kier molecular flexibility index (Phi) is 61.3. The number of allylic oxidation sites excluding steroid dienone is 7. The number of rotatable bonds is 70. The average molecular weight is 1500 g/mol. The first-order chi connectivity index (χ1) is 51.3. The van der Waals surface area contributed by atoms with Gasteiger partial charge in [0.15, 0.2) is 18.9 Å². The molecule has 105 heavy (non-hydrogen) atoms. The van der Waals surface area contributed by atoms with Gasteiger partial charge in [0.25, 0.3) is 0 Å². The van der Waals surface area contributed by atoms with Crippen LogP contribution in [-0.2, 0) is 33.2 Å². The maximum absolute atomic E-state index is 13.5. The Hall–Kier alpha value is -2.25. The standard InChI is InChI=1S/C86H159NO18/c1-3-5-7-9-11-13-15-17-19-21-23-25-27-29-31-32-33-34-35-36-38-39-41-43-45-47-49-51-53-55-57-59-61-63-70(91)69(87-74(92)64-62-60-58-56-54-52-50-48-46-44-42-40-37-30-28-26-24-22-20-18-16-14-12-10-8-6-4-2)68-100-84-80(98)77(95)82(72(66-89)102-84)105-86-81(99)78(96)83(73(67-90)103-86)104-85-79(97)76(94)75(93)71(65-88)101-85/h22,24,45,47,53,55,61,63,69-73,75-86,88-91,93-99H,3-21,23,25-44,46,48-52,54,56-60,62,64-68H2,1-2H3,(H,87,92)/b24-22-,47-45+,55-53+,63-61+. The predicted octanol–water partition coefficient (Wildman–Crippen LogP) is 15.6. The summed E-state index contributed by atoms with van der Waals surface area (Å²) >= 11 is 0. The first-order valence-corrected chi connectivity index (χ1v) is 43.4. The lowest BCUT2D eigenvalue weighted by molar-refractivity contribution is -0.379. The molecule has 3 fully saturated rings. The van der Waals surface area contributed by atoms with Gasteiger partial charge in [-0.05, 0) is 70.6 Å². The number of hydrogen-bond donors (Lipinski definition) is 12. The zero-order valence-electron chi connectivity index (χ0n) is 66.2. The number of carbonyl (C=O) groups excluding carboxylic acids is 1. The summed E-state index contributed by atoms with van der Waals surface area (Å²) in [7, 11) is 0. The number of aliphatic hydroxyl groups excluding tert-OH is 11. The average Bonchev–Trinajstić information content (AvgIpc) is 0.781. The Balaban J connectivity index is 1.36. The molecule has 3 aliphatic rings. The molecule has 0 spiro atoms. The molecule has 0 radical (unpaired) electrons. The van der Waals surface area contributed by atoms with E-state index in [0.717, 1.165) is 44.9 Å². The summed E-state index contributed by atoms with van der Waals surface area (Å²) in [5.74, 6) is -0.284. The van der Waals surface area contributed by atoms with Gasteiger partial charge in [-0.1, -0.05) is 332 Å². The summed E-state index contributed by atoms with van der Waals surface area (Å²) in [6.07, 6.45) is 58.4. The van der Waals surface area contributed by atoms with Crippen molar-refractivity contribution in [3.8, 4) is 0 Å². The van der Waals surface area contributed by atoms with Crippen molar-refractivity contribution in [1.82, 2.24) is 5.32 Å². The first-order valence-electron chi connectivity index (χ1n) is 43.4. The molecule has 0 aliphatic carbocycles. The molecule has 17 atom stereocenters. The molecule has 0 aromatic rings. The topological polar surface area (TPSA) is 307 Å². The van der Waals surface area contributed by atoms with Crippen LogP contribution in [0.15, 0.2) is 48.6 Å². The van der Waals surface area contributed by atoms with Crippen LogP contribution in [0.4, 0.5) is 0 Å². The molecule has 0 bridgehead atoms. The highest BCUT2D eigenvalue weighted by Crippen LogP contribution is 2.33. The maximum atomic E-state index is 13.5. The lowest BCUT2D eigenvalue weighted by Gasteiger charge is -2.48. The van der Waals surface area contributed by atoms with Gasteiger partial charge in [0.05, 0.1) is 38.6 Å². The molecule has 19 nitrogen and oxygen atoms in total. The van der Waals surface area contributed by atoms with Gasteiger partial charge in [-0.15, -0.1) is 0 Å². The SMILES string of the molecule is CCCCCCCCCC/C=C\CCCCCCCCCCCCCCCCCC(=O)NC(COC1OC(CO)C(OC2OC(CO)C(OC3OC(CO)C(O)C(O)C3O)C(O)C2O)C(O)C1O)C(O)/C=C/CC/C=C/CC/C=C/CCCCCCCCCCCCCCCCCCCCCCCCC. The number of carbonyl (C=O) groups is 1. The van der Waals surface area contributed by atoms with Crippen molar-refractivity contribution in [3.05, 3.63) is 48.6 Å². The van der Waals surface area contributed by atoms with E-state index in [-0.39, 0.29) is 18.9 Å². The lowest BCUT2D eigenvalue weighted by atomic mass is 9.96. The third kappa shape index (κ3) is 45.8. The van der Waals surface area contributed by atoms with Crippen molar-refractivity contribution in [3.63, 3.8) is 0 Å². The van der Waals surface area contributed by atoms with Gasteiger partial charge in [0.2, 0.25) is 5.91 Å². The largest absolute Gasteiger partial charge is 0.394 e. The van der Waals surface area contributed by atoms with Crippen LogP contribution >= 0.6 is 0 Å². The van der Waals surface area contributed by atoms with Crippen molar-refractivity contribution in [2.24, 2.45) is 0 Å². The Morgan fingerprint density at radius 2 is 0.610 bits per heavy atom. The van der Waals surface area contributed by atoms with E-state index in [1.165, 1.54) is 283 Å². The number of amides is 1. The Morgan fingerprint density at radius 3 is 0.952 bits per heavy atom. The van der Waals surface area contributed by atoms with Gasteiger partial charge in [-0.25, -0.2) is 0 Å². The summed E-state index contributed by atoms with van der Waals surface area (Å²) < 4.78 is 34.5. The Bertz CT molecular complexity index is 2080.